The standard InChI is InChI=1S/C13H14N2O2S/c16-8-9-4-5-12-10(7-9)14-13(17)11-3-1-2-6-15(11)18-12/h4-5,7-8,11H,1-3,6H2,(H,14,17). The van der Waals surface area contributed by atoms with Gasteiger partial charge in [0.2, 0.25) is 5.91 Å². The molecule has 1 aromatic carbocycles. The molecular formula is C13H14N2O2S. The Labute approximate surface area is 110 Å². The highest BCUT2D eigenvalue weighted by Crippen LogP contribution is 2.38. The molecule has 2 aliphatic rings. The number of fused-ring (bicyclic) bond motifs is 2. The summed E-state index contributed by atoms with van der Waals surface area (Å²) < 4.78 is 2.16. The molecule has 4 nitrogen and oxygen atoms in total. The van der Waals surface area contributed by atoms with Crippen LogP contribution in [-0.4, -0.2) is 29.1 Å². The Bertz CT molecular complexity index is 504. The normalized spacial score (nSPS) is 23.6. The molecule has 2 heterocycles. The van der Waals surface area contributed by atoms with Gasteiger partial charge in [0.25, 0.3) is 0 Å². The van der Waals surface area contributed by atoms with Gasteiger partial charge in [0.05, 0.1) is 11.7 Å². The summed E-state index contributed by atoms with van der Waals surface area (Å²) >= 11 is 1.62. The minimum Gasteiger partial charge on any atom is -0.324 e. The van der Waals surface area contributed by atoms with Gasteiger partial charge >= 0.3 is 0 Å². The van der Waals surface area contributed by atoms with E-state index in [2.05, 4.69) is 9.62 Å². The lowest BCUT2D eigenvalue weighted by molar-refractivity contribution is -0.120. The highest BCUT2D eigenvalue weighted by atomic mass is 32.2. The highest BCUT2D eigenvalue weighted by molar-refractivity contribution is 7.97. The number of carbonyl (C=O) groups is 2. The van der Waals surface area contributed by atoms with Crippen molar-refractivity contribution in [2.45, 2.75) is 30.2 Å². The van der Waals surface area contributed by atoms with Gasteiger partial charge in [0, 0.05) is 17.0 Å². The monoisotopic (exact) mass is 262 g/mol. The number of carbonyl (C=O) groups excluding carboxylic acids is 2. The Kier molecular flexibility index (Phi) is 3.09. The topological polar surface area (TPSA) is 49.4 Å². The zero-order valence-corrected chi connectivity index (χ0v) is 10.7. The van der Waals surface area contributed by atoms with Crippen molar-refractivity contribution in [3.8, 4) is 0 Å². The maximum atomic E-state index is 12.2. The van der Waals surface area contributed by atoms with E-state index >= 15 is 0 Å². The predicted octanol–water partition coefficient (Wildman–Crippen LogP) is 2.31. The van der Waals surface area contributed by atoms with Gasteiger partial charge in [0.15, 0.2) is 0 Å². The molecule has 2 aliphatic heterocycles. The van der Waals surface area contributed by atoms with Gasteiger partial charge in [-0.2, -0.15) is 0 Å². The van der Waals surface area contributed by atoms with Gasteiger partial charge in [-0.1, -0.05) is 12.5 Å². The highest BCUT2D eigenvalue weighted by Gasteiger charge is 2.32. The Morgan fingerprint density at radius 3 is 3.11 bits per heavy atom. The van der Waals surface area contributed by atoms with Crippen LogP contribution in [0.1, 0.15) is 29.6 Å². The first-order valence-electron chi connectivity index (χ1n) is 6.12. The minimum atomic E-state index is -0.0455. The quantitative estimate of drug-likeness (QED) is 0.623. The van der Waals surface area contributed by atoms with Crippen LogP contribution in [0.15, 0.2) is 23.1 Å². The predicted molar refractivity (Wildman–Crippen MR) is 70.7 cm³/mol. The molecule has 1 amide bonds. The first kappa shape index (κ1) is 11.7. The van der Waals surface area contributed by atoms with Gasteiger partial charge in [-0.15, -0.1) is 0 Å². The van der Waals surface area contributed by atoms with Crippen LogP contribution >= 0.6 is 11.9 Å². The van der Waals surface area contributed by atoms with E-state index in [1.165, 1.54) is 0 Å². The number of nitrogens with one attached hydrogen (secondary N) is 1. The fourth-order valence-electron chi connectivity index (χ4n) is 2.42. The fraction of sp³-hybridized carbons (Fsp3) is 0.385. The molecule has 1 N–H and O–H groups in total. The molecular weight excluding hydrogens is 248 g/mol. The van der Waals surface area contributed by atoms with Gasteiger partial charge in [-0.05, 0) is 36.9 Å². The lowest BCUT2D eigenvalue weighted by atomic mass is 10.0. The van der Waals surface area contributed by atoms with Crippen molar-refractivity contribution >= 4 is 29.8 Å². The van der Waals surface area contributed by atoms with E-state index in [0.29, 0.717) is 5.56 Å². The second-order valence-electron chi connectivity index (χ2n) is 4.61. The zero-order chi connectivity index (χ0) is 12.5. The molecule has 5 heteroatoms. The largest absolute Gasteiger partial charge is 0.324 e. The van der Waals surface area contributed by atoms with E-state index in [9.17, 15) is 9.59 Å². The molecule has 0 radical (unpaired) electrons. The third-order valence-electron chi connectivity index (χ3n) is 3.37. The summed E-state index contributed by atoms with van der Waals surface area (Å²) in [4.78, 5) is 23.9. The van der Waals surface area contributed by atoms with Crippen LogP contribution < -0.4 is 5.32 Å². The lowest BCUT2D eigenvalue weighted by Crippen LogP contribution is -2.41. The van der Waals surface area contributed by atoms with Gasteiger partial charge in [-0.25, -0.2) is 4.31 Å². The van der Waals surface area contributed by atoms with Crippen LogP contribution in [-0.2, 0) is 4.79 Å². The molecule has 0 bridgehead atoms. The number of hydrogen-bond donors (Lipinski definition) is 1. The molecule has 0 aliphatic carbocycles. The number of anilines is 1. The van der Waals surface area contributed by atoms with E-state index in [0.717, 1.165) is 42.7 Å². The second kappa shape index (κ2) is 4.74. The summed E-state index contributed by atoms with van der Waals surface area (Å²) in [5.41, 5.74) is 1.35. The van der Waals surface area contributed by atoms with Crippen molar-refractivity contribution in [2.24, 2.45) is 0 Å². The number of benzene rings is 1. The van der Waals surface area contributed by atoms with Crippen molar-refractivity contribution in [1.82, 2.24) is 4.31 Å². The molecule has 0 saturated carbocycles. The van der Waals surface area contributed by atoms with E-state index in [-0.39, 0.29) is 11.9 Å². The van der Waals surface area contributed by atoms with Gasteiger partial charge in [0.1, 0.15) is 6.29 Å². The van der Waals surface area contributed by atoms with Crippen LogP contribution in [0.3, 0.4) is 0 Å². The fourth-order valence-corrected chi connectivity index (χ4v) is 3.56. The zero-order valence-electron chi connectivity index (χ0n) is 9.89. The molecule has 0 aromatic heterocycles. The Morgan fingerprint density at radius 2 is 2.28 bits per heavy atom. The van der Waals surface area contributed by atoms with Crippen LogP contribution in [0, 0.1) is 0 Å². The third kappa shape index (κ3) is 2.04. The Balaban J connectivity index is 1.97. The van der Waals surface area contributed by atoms with Crippen LogP contribution in [0.5, 0.6) is 0 Å². The van der Waals surface area contributed by atoms with Crippen molar-refractivity contribution in [3.05, 3.63) is 23.8 Å². The second-order valence-corrected chi connectivity index (χ2v) is 5.70. The number of aldehydes is 1. The first-order chi connectivity index (χ1) is 8.78. The molecule has 1 aromatic rings. The third-order valence-corrected chi connectivity index (χ3v) is 4.59. The smallest absolute Gasteiger partial charge is 0.242 e. The average Bonchev–Trinajstić information content (AvgIpc) is 2.54. The summed E-state index contributed by atoms with van der Waals surface area (Å²) in [7, 11) is 0. The summed E-state index contributed by atoms with van der Waals surface area (Å²) in [6, 6.07) is 5.39. The Morgan fingerprint density at radius 1 is 1.39 bits per heavy atom. The molecule has 1 unspecified atom stereocenters. The lowest BCUT2D eigenvalue weighted by Gasteiger charge is -2.30. The number of hydrogen-bond acceptors (Lipinski definition) is 4. The molecule has 3 rings (SSSR count). The summed E-state index contributed by atoms with van der Waals surface area (Å²) in [5, 5.41) is 2.94. The summed E-state index contributed by atoms with van der Waals surface area (Å²) in [5.74, 6) is 0.0454. The molecule has 1 fully saturated rings. The van der Waals surface area contributed by atoms with Crippen molar-refractivity contribution in [2.75, 3.05) is 11.9 Å². The number of amides is 1. The molecule has 1 atom stereocenters. The van der Waals surface area contributed by atoms with E-state index in [4.69, 9.17) is 0 Å². The van der Waals surface area contributed by atoms with Crippen LogP contribution in [0.25, 0.3) is 0 Å². The number of piperidine rings is 1. The summed E-state index contributed by atoms with van der Waals surface area (Å²) in [6.07, 6.45) is 3.95. The molecule has 0 spiro atoms. The van der Waals surface area contributed by atoms with Gasteiger partial charge in [-0.3, -0.25) is 9.59 Å². The van der Waals surface area contributed by atoms with E-state index < -0.39 is 0 Å². The molecule has 1 saturated heterocycles. The van der Waals surface area contributed by atoms with Crippen molar-refractivity contribution in [3.63, 3.8) is 0 Å². The minimum absolute atomic E-state index is 0.0454. The number of nitrogens with zero attached hydrogens (tertiary/aromatic N) is 1. The molecule has 18 heavy (non-hydrogen) atoms. The first-order valence-corrected chi connectivity index (χ1v) is 6.90. The van der Waals surface area contributed by atoms with Crippen molar-refractivity contribution in [1.29, 1.82) is 0 Å². The maximum absolute atomic E-state index is 12.2. The Hall–Kier alpha value is -1.33. The molecule has 94 valence electrons. The number of rotatable bonds is 1. The van der Waals surface area contributed by atoms with Crippen LogP contribution in [0.4, 0.5) is 5.69 Å². The van der Waals surface area contributed by atoms with E-state index in [1.807, 2.05) is 6.07 Å². The SMILES string of the molecule is O=Cc1ccc2c(c1)NC(=O)C1CCCCN1S2. The van der Waals surface area contributed by atoms with E-state index in [1.54, 1.807) is 24.1 Å². The maximum Gasteiger partial charge on any atom is 0.242 e. The average molecular weight is 262 g/mol. The van der Waals surface area contributed by atoms with Gasteiger partial charge < -0.3 is 5.32 Å². The van der Waals surface area contributed by atoms with Crippen LogP contribution in [0.2, 0.25) is 0 Å². The van der Waals surface area contributed by atoms with Crippen molar-refractivity contribution < 1.29 is 9.59 Å². The summed E-state index contributed by atoms with van der Waals surface area (Å²) in [6.45, 7) is 0.942.